The topological polar surface area (TPSA) is 93.4 Å². The third-order valence-electron chi connectivity index (χ3n) is 2.65. The number of carbonyl (C=O) groups excluding carboxylic acids is 1. The molecule has 0 aliphatic heterocycles. The molecule has 0 heterocycles. The van der Waals surface area contributed by atoms with Gasteiger partial charge in [-0.1, -0.05) is 13.8 Å². The third kappa shape index (κ3) is 6.65. The van der Waals surface area contributed by atoms with Gasteiger partial charge in [-0.2, -0.15) is 5.26 Å². The normalized spacial score (nSPS) is 12.1. The van der Waals surface area contributed by atoms with Gasteiger partial charge in [-0.05, 0) is 26.2 Å². The van der Waals surface area contributed by atoms with E-state index in [1.54, 1.807) is 0 Å². The lowest BCUT2D eigenvalue weighted by molar-refractivity contribution is -0.139. The molecule has 1 atom stereocenters. The summed E-state index contributed by atoms with van der Waals surface area (Å²) >= 11 is 0. The molecule has 108 valence electrons. The summed E-state index contributed by atoms with van der Waals surface area (Å²) in [6, 6.07) is 0.572. The summed E-state index contributed by atoms with van der Waals surface area (Å²) in [5.74, 6) is -0.862. The number of carbonyl (C=O) groups is 2. The number of hydrogen-bond donors (Lipinski definition) is 2. The molecule has 0 saturated carbocycles. The molecule has 0 bridgehead atoms. The van der Waals surface area contributed by atoms with Crippen molar-refractivity contribution in [1.29, 1.82) is 5.26 Å². The highest BCUT2D eigenvalue weighted by Crippen LogP contribution is 2.07. The van der Waals surface area contributed by atoms with Gasteiger partial charge in [0.25, 0.3) is 0 Å². The Morgan fingerprint density at radius 1 is 1.32 bits per heavy atom. The van der Waals surface area contributed by atoms with E-state index in [9.17, 15) is 9.59 Å². The minimum absolute atomic E-state index is 0.0816. The average Bonchev–Trinajstić information content (AvgIpc) is 2.27. The molecular weight excluding hydrogens is 246 g/mol. The third-order valence-corrected chi connectivity index (χ3v) is 2.65. The summed E-state index contributed by atoms with van der Waals surface area (Å²) in [4.78, 5) is 24.6. The van der Waals surface area contributed by atoms with Crippen molar-refractivity contribution in [2.45, 2.75) is 52.6 Å². The van der Waals surface area contributed by atoms with Crippen molar-refractivity contribution in [3.63, 3.8) is 0 Å². The summed E-state index contributed by atoms with van der Waals surface area (Å²) in [6.07, 6.45) is 0.610. The van der Waals surface area contributed by atoms with Crippen molar-refractivity contribution in [2.24, 2.45) is 5.92 Å². The number of nitrogens with zero attached hydrogens (tertiary/aromatic N) is 2. The number of nitrogens with one attached hydrogen (secondary N) is 1. The zero-order valence-electron chi connectivity index (χ0n) is 12.0. The highest BCUT2D eigenvalue weighted by molar-refractivity contribution is 5.82. The minimum Gasteiger partial charge on any atom is -0.480 e. The number of hydrogen-bond acceptors (Lipinski definition) is 3. The first-order valence-electron chi connectivity index (χ1n) is 6.46. The van der Waals surface area contributed by atoms with Crippen LogP contribution in [0.15, 0.2) is 0 Å². The zero-order chi connectivity index (χ0) is 15.0. The van der Waals surface area contributed by atoms with E-state index in [0.29, 0.717) is 13.0 Å². The Kier molecular flexibility index (Phi) is 7.57. The van der Waals surface area contributed by atoms with Gasteiger partial charge < -0.3 is 15.3 Å². The molecule has 0 aromatic heterocycles. The molecule has 0 rings (SSSR count). The van der Waals surface area contributed by atoms with E-state index in [-0.39, 0.29) is 18.4 Å². The summed E-state index contributed by atoms with van der Waals surface area (Å²) in [5, 5.41) is 20.2. The Morgan fingerprint density at radius 2 is 1.89 bits per heavy atom. The molecule has 2 amide bonds. The zero-order valence-corrected chi connectivity index (χ0v) is 12.0. The van der Waals surface area contributed by atoms with Gasteiger partial charge in [0, 0.05) is 12.6 Å². The summed E-state index contributed by atoms with van der Waals surface area (Å²) in [6.45, 7) is 7.76. The lowest BCUT2D eigenvalue weighted by Gasteiger charge is -2.28. The maximum Gasteiger partial charge on any atom is 0.326 e. The molecule has 0 radical (unpaired) electrons. The lowest BCUT2D eigenvalue weighted by atomic mass is 10.0. The summed E-state index contributed by atoms with van der Waals surface area (Å²) in [5.41, 5.74) is 0. The second kappa shape index (κ2) is 8.35. The number of nitriles is 1. The second-order valence-corrected chi connectivity index (χ2v) is 5.17. The molecule has 0 aromatic rings. The van der Waals surface area contributed by atoms with Crippen LogP contribution in [0.25, 0.3) is 0 Å². The Balaban J connectivity index is 4.66. The standard InChI is InChI=1S/C13H23N3O3/c1-9(2)8-11(12(17)18)15-13(19)16(10(3)4)7-5-6-14/h9-11H,5,7-8H2,1-4H3,(H,15,19)(H,17,18)/t11-/m0/s1. The van der Waals surface area contributed by atoms with Crippen LogP contribution >= 0.6 is 0 Å². The molecule has 0 spiro atoms. The van der Waals surface area contributed by atoms with Gasteiger partial charge in [-0.15, -0.1) is 0 Å². The molecule has 0 saturated heterocycles. The van der Waals surface area contributed by atoms with Crippen molar-refractivity contribution >= 4 is 12.0 Å². The predicted octanol–water partition coefficient (Wildman–Crippen LogP) is 1.82. The van der Waals surface area contributed by atoms with Crippen LogP contribution in [0.1, 0.15) is 40.5 Å². The van der Waals surface area contributed by atoms with Crippen LogP contribution < -0.4 is 5.32 Å². The largest absolute Gasteiger partial charge is 0.480 e. The van der Waals surface area contributed by atoms with Crippen molar-refractivity contribution in [2.75, 3.05) is 6.54 Å². The SMILES string of the molecule is CC(C)C[C@H](NC(=O)N(CCC#N)C(C)C)C(=O)O. The number of aliphatic carboxylic acids is 1. The van der Waals surface area contributed by atoms with Gasteiger partial charge in [0.1, 0.15) is 6.04 Å². The first-order valence-corrected chi connectivity index (χ1v) is 6.46. The molecule has 2 N–H and O–H groups in total. The average molecular weight is 269 g/mol. The first kappa shape index (κ1) is 17.2. The van der Waals surface area contributed by atoms with E-state index in [2.05, 4.69) is 5.32 Å². The van der Waals surface area contributed by atoms with Crippen molar-refractivity contribution in [1.82, 2.24) is 10.2 Å². The summed E-state index contributed by atoms with van der Waals surface area (Å²) < 4.78 is 0. The van der Waals surface area contributed by atoms with Gasteiger partial charge in [0.2, 0.25) is 0 Å². The van der Waals surface area contributed by atoms with Crippen molar-refractivity contribution in [3.05, 3.63) is 0 Å². The maximum absolute atomic E-state index is 12.0. The number of urea groups is 1. The van der Waals surface area contributed by atoms with Gasteiger partial charge in [0.15, 0.2) is 0 Å². The van der Waals surface area contributed by atoms with E-state index in [1.165, 1.54) is 4.90 Å². The van der Waals surface area contributed by atoms with Crippen LogP contribution in [0.4, 0.5) is 4.79 Å². The van der Waals surface area contributed by atoms with Gasteiger partial charge in [0.05, 0.1) is 12.5 Å². The molecule has 0 unspecified atom stereocenters. The van der Waals surface area contributed by atoms with E-state index >= 15 is 0 Å². The first-order chi connectivity index (χ1) is 8.79. The predicted molar refractivity (Wildman–Crippen MR) is 71.5 cm³/mol. The second-order valence-electron chi connectivity index (χ2n) is 5.17. The van der Waals surface area contributed by atoms with Crippen LogP contribution in [0.3, 0.4) is 0 Å². The Morgan fingerprint density at radius 3 is 2.26 bits per heavy atom. The van der Waals surface area contributed by atoms with Crippen molar-refractivity contribution < 1.29 is 14.7 Å². The van der Waals surface area contributed by atoms with Crippen molar-refractivity contribution in [3.8, 4) is 6.07 Å². The Bertz CT molecular complexity index is 348. The monoisotopic (exact) mass is 269 g/mol. The highest BCUT2D eigenvalue weighted by Gasteiger charge is 2.24. The van der Waals surface area contributed by atoms with Crippen LogP contribution in [-0.2, 0) is 4.79 Å². The Labute approximate surface area is 114 Å². The molecule has 19 heavy (non-hydrogen) atoms. The molecule has 6 heteroatoms. The quantitative estimate of drug-likeness (QED) is 0.737. The Hall–Kier alpha value is -1.77. The fourth-order valence-corrected chi connectivity index (χ4v) is 1.69. The maximum atomic E-state index is 12.0. The van der Waals surface area contributed by atoms with Crippen LogP contribution in [-0.4, -0.2) is 40.6 Å². The lowest BCUT2D eigenvalue weighted by Crippen LogP contribution is -2.50. The van der Waals surface area contributed by atoms with Crippen LogP contribution in [0.5, 0.6) is 0 Å². The van der Waals surface area contributed by atoms with E-state index in [0.717, 1.165) is 0 Å². The molecule has 0 fully saturated rings. The minimum atomic E-state index is -1.04. The molecule has 6 nitrogen and oxygen atoms in total. The fourth-order valence-electron chi connectivity index (χ4n) is 1.69. The van der Waals surface area contributed by atoms with E-state index < -0.39 is 18.0 Å². The van der Waals surface area contributed by atoms with Gasteiger partial charge >= 0.3 is 12.0 Å². The van der Waals surface area contributed by atoms with Gasteiger partial charge in [-0.25, -0.2) is 9.59 Å². The molecule has 0 aliphatic carbocycles. The summed E-state index contributed by atoms with van der Waals surface area (Å²) in [7, 11) is 0. The fraction of sp³-hybridized carbons (Fsp3) is 0.769. The van der Waals surface area contributed by atoms with E-state index in [4.69, 9.17) is 10.4 Å². The highest BCUT2D eigenvalue weighted by atomic mass is 16.4. The molecule has 0 aliphatic rings. The number of carboxylic acid groups (broad SMARTS) is 1. The number of carboxylic acids is 1. The van der Waals surface area contributed by atoms with E-state index in [1.807, 2.05) is 33.8 Å². The smallest absolute Gasteiger partial charge is 0.326 e. The number of amides is 2. The molecule has 0 aromatic carbocycles. The van der Waals surface area contributed by atoms with Gasteiger partial charge in [-0.3, -0.25) is 0 Å². The van der Waals surface area contributed by atoms with Crippen LogP contribution in [0.2, 0.25) is 0 Å². The molecular formula is C13H23N3O3. The number of rotatable bonds is 7. The van der Waals surface area contributed by atoms with Crippen LogP contribution in [0, 0.1) is 17.2 Å².